The van der Waals surface area contributed by atoms with Gasteiger partial charge in [0, 0.05) is 27.2 Å². The highest BCUT2D eigenvalue weighted by atomic mass is 32.1. The molecule has 0 bridgehead atoms. The number of fused-ring (bicyclic) bond motifs is 1. The van der Waals surface area contributed by atoms with Crippen LogP contribution in [0.3, 0.4) is 0 Å². The van der Waals surface area contributed by atoms with E-state index in [1.165, 1.54) is 11.6 Å². The van der Waals surface area contributed by atoms with Gasteiger partial charge in [0.1, 0.15) is 4.83 Å². The SMILES string of the molecule is Cn1c(=O)c2cc(C(=O)NC[C@@H]3CCCO3)sc2n(C)c1=O. The highest BCUT2D eigenvalue weighted by molar-refractivity contribution is 7.20. The molecule has 1 fully saturated rings. The van der Waals surface area contributed by atoms with Crippen LogP contribution in [0.15, 0.2) is 15.7 Å². The van der Waals surface area contributed by atoms with E-state index in [0.29, 0.717) is 21.6 Å². The molecular weight excluding hydrogens is 306 g/mol. The number of aromatic nitrogens is 2. The summed E-state index contributed by atoms with van der Waals surface area (Å²) in [6, 6.07) is 1.55. The Morgan fingerprint density at radius 2 is 2.18 bits per heavy atom. The van der Waals surface area contributed by atoms with E-state index >= 15 is 0 Å². The van der Waals surface area contributed by atoms with Gasteiger partial charge in [-0.05, 0) is 18.9 Å². The Morgan fingerprint density at radius 3 is 2.86 bits per heavy atom. The zero-order valence-electron chi connectivity index (χ0n) is 12.4. The molecule has 0 aliphatic carbocycles. The molecule has 1 aliphatic heterocycles. The van der Waals surface area contributed by atoms with Crippen molar-refractivity contribution in [3.05, 3.63) is 31.8 Å². The molecule has 3 heterocycles. The van der Waals surface area contributed by atoms with Gasteiger partial charge in [0.2, 0.25) is 0 Å². The molecule has 2 aromatic rings. The maximum atomic E-state index is 12.2. The van der Waals surface area contributed by atoms with Crippen LogP contribution in [0, 0.1) is 0 Å². The number of aryl methyl sites for hydroxylation is 1. The van der Waals surface area contributed by atoms with Crippen LogP contribution in [0.2, 0.25) is 0 Å². The Balaban J connectivity index is 1.90. The van der Waals surface area contributed by atoms with E-state index in [-0.39, 0.29) is 17.6 Å². The highest BCUT2D eigenvalue weighted by Crippen LogP contribution is 2.21. The van der Waals surface area contributed by atoms with E-state index in [9.17, 15) is 14.4 Å². The summed E-state index contributed by atoms with van der Waals surface area (Å²) in [5.74, 6) is -0.244. The molecular formula is C14H17N3O4S. The Labute approximate surface area is 130 Å². The summed E-state index contributed by atoms with van der Waals surface area (Å²) in [6.07, 6.45) is 2.03. The second kappa shape index (κ2) is 5.69. The largest absolute Gasteiger partial charge is 0.376 e. The van der Waals surface area contributed by atoms with E-state index in [1.54, 1.807) is 13.1 Å². The van der Waals surface area contributed by atoms with Gasteiger partial charge >= 0.3 is 5.69 Å². The van der Waals surface area contributed by atoms with Crippen molar-refractivity contribution < 1.29 is 9.53 Å². The molecule has 1 aliphatic rings. The van der Waals surface area contributed by atoms with Crippen LogP contribution >= 0.6 is 11.3 Å². The number of nitrogens with one attached hydrogen (secondary N) is 1. The summed E-state index contributed by atoms with van der Waals surface area (Å²) < 4.78 is 7.89. The Hall–Kier alpha value is -1.93. The monoisotopic (exact) mass is 323 g/mol. The standard InChI is InChI=1S/C14H17N3O4S/c1-16-12(19)9-6-10(22-13(9)17(2)14(16)20)11(18)15-7-8-4-3-5-21-8/h6,8H,3-5,7H2,1-2H3,(H,15,18)/t8-/m0/s1. The fourth-order valence-corrected chi connectivity index (χ4v) is 3.60. The van der Waals surface area contributed by atoms with Crippen molar-refractivity contribution in [2.75, 3.05) is 13.2 Å². The normalized spacial score (nSPS) is 18.0. The summed E-state index contributed by atoms with van der Waals surface area (Å²) >= 11 is 1.15. The predicted octanol–water partition coefficient (Wildman–Crippen LogP) is 0.207. The molecule has 1 amide bonds. The maximum Gasteiger partial charge on any atom is 0.331 e. The van der Waals surface area contributed by atoms with Gasteiger partial charge in [0.05, 0.1) is 16.4 Å². The van der Waals surface area contributed by atoms with Crippen molar-refractivity contribution in [2.24, 2.45) is 14.1 Å². The summed E-state index contributed by atoms with van der Waals surface area (Å²) in [5.41, 5.74) is -0.779. The number of carbonyl (C=O) groups is 1. The van der Waals surface area contributed by atoms with Gasteiger partial charge in [0.25, 0.3) is 11.5 Å². The minimum Gasteiger partial charge on any atom is -0.376 e. The van der Waals surface area contributed by atoms with Crippen LogP contribution in [-0.4, -0.2) is 34.3 Å². The molecule has 0 saturated carbocycles. The number of amides is 1. The van der Waals surface area contributed by atoms with Gasteiger partial charge in [-0.25, -0.2) is 4.79 Å². The van der Waals surface area contributed by atoms with Crippen molar-refractivity contribution in [2.45, 2.75) is 18.9 Å². The quantitative estimate of drug-likeness (QED) is 0.875. The van der Waals surface area contributed by atoms with Crippen LogP contribution in [0.4, 0.5) is 0 Å². The lowest BCUT2D eigenvalue weighted by molar-refractivity contribution is 0.0861. The van der Waals surface area contributed by atoms with Gasteiger partial charge in [-0.1, -0.05) is 0 Å². The third kappa shape index (κ3) is 2.48. The minimum absolute atomic E-state index is 0.0653. The van der Waals surface area contributed by atoms with Gasteiger partial charge in [-0.3, -0.25) is 18.7 Å². The van der Waals surface area contributed by atoms with Gasteiger partial charge in [0.15, 0.2) is 0 Å². The van der Waals surface area contributed by atoms with Gasteiger partial charge < -0.3 is 10.1 Å². The van der Waals surface area contributed by atoms with Gasteiger partial charge in [-0.15, -0.1) is 11.3 Å². The molecule has 0 unspecified atom stereocenters. The molecule has 1 saturated heterocycles. The van der Waals surface area contributed by atoms with Gasteiger partial charge in [-0.2, -0.15) is 0 Å². The first-order valence-corrected chi connectivity index (χ1v) is 7.90. The van der Waals surface area contributed by atoms with Crippen LogP contribution in [0.5, 0.6) is 0 Å². The number of hydrogen-bond acceptors (Lipinski definition) is 5. The van der Waals surface area contributed by atoms with Crippen LogP contribution < -0.4 is 16.6 Å². The average Bonchev–Trinajstić information content (AvgIpc) is 3.17. The smallest absolute Gasteiger partial charge is 0.331 e. The summed E-state index contributed by atoms with van der Waals surface area (Å²) in [7, 11) is 3.02. The third-order valence-corrected chi connectivity index (χ3v) is 5.07. The zero-order chi connectivity index (χ0) is 15.9. The second-order valence-corrected chi connectivity index (χ2v) is 6.41. The number of ether oxygens (including phenoxy) is 1. The predicted molar refractivity (Wildman–Crippen MR) is 83.6 cm³/mol. The highest BCUT2D eigenvalue weighted by Gasteiger charge is 2.19. The summed E-state index contributed by atoms with van der Waals surface area (Å²) in [6.45, 7) is 1.20. The van der Waals surface area contributed by atoms with Crippen molar-refractivity contribution in [3.63, 3.8) is 0 Å². The number of carbonyl (C=O) groups excluding carboxylic acids is 1. The van der Waals surface area contributed by atoms with E-state index in [1.807, 2.05) is 0 Å². The molecule has 1 atom stereocenters. The molecule has 8 heteroatoms. The zero-order valence-corrected chi connectivity index (χ0v) is 13.2. The number of nitrogens with zero attached hydrogens (tertiary/aromatic N) is 2. The average molecular weight is 323 g/mol. The lowest BCUT2D eigenvalue weighted by Crippen LogP contribution is -2.36. The molecule has 7 nitrogen and oxygen atoms in total. The molecule has 0 spiro atoms. The van der Waals surface area contributed by atoms with Crippen LogP contribution in [0.25, 0.3) is 10.2 Å². The van der Waals surface area contributed by atoms with E-state index in [0.717, 1.165) is 35.4 Å². The number of hydrogen-bond donors (Lipinski definition) is 1. The van der Waals surface area contributed by atoms with Crippen LogP contribution in [0.1, 0.15) is 22.5 Å². The Morgan fingerprint density at radius 1 is 1.41 bits per heavy atom. The van der Waals surface area contributed by atoms with Crippen molar-refractivity contribution in [3.8, 4) is 0 Å². The Bertz CT molecular complexity index is 842. The minimum atomic E-state index is -0.398. The Kier molecular flexibility index (Phi) is 3.88. The maximum absolute atomic E-state index is 12.2. The third-order valence-electron chi connectivity index (χ3n) is 3.86. The molecule has 0 radical (unpaired) electrons. The van der Waals surface area contributed by atoms with E-state index < -0.39 is 5.69 Å². The van der Waals surface area contributed by atoms with E-state index in [2.05, 4.69) is 5.32 Å². The molecule has 3 rings (SSSR count). The first-order chi connectivity index (χ1) is 10.5. The first kappa shape index (κ1) is 15.0. The summed E-state index contributed by atoms with van der Waals surface area (Å²) in [4.78, 5) is 37.1. The van der Waals surface area contributed by atoms with Crippen LogP contribution in [-0.2, 0) is 18.8 Å². The number of rotatable bonds is 3. The molecule has 118 valence electrons. The molecule has 1 N–H and O–H groups in total. The molecule has 0 aromatic carbocycles. The summed E-state index contributed by atoms with van der Waals surface area (Å²) in [5, 5.41) is 3.21. The molecule has 2 aromatic heterocycles. The molecule has 22 heavy (non-hydrogen) atoms. The second-order valence-electron chi connectivity index (χ2n) is 5.38. The number of thiophene rings is 1. The topological polar surface area (TPSA) is 82.3 Å². The van der Waals surface area contributed by atoms with Crippen molar-refractivity contribution in [1.29, 1.82) is 0 Å². The lowest BCUT2D eigenvalue weighted by Gasteiger charge is -2.09. The fraction of sp³-hybridized carbons (Fsp3) is 0.500. The fourth-order valence-electron chi connectivity index (χ4n) is 2.57. The van der Waals surface area contributed by atoms with Crippen molar-refractivity contribution >= 4 is 27.5 Å². The first-order valence-electron chi connectivity index (χ1n) is 7.08. The van der Waals surface area contributed by atoms with Crippen molar-refractivity contribution in [1.82, 2.24) is 14.5 Å². The van der Waals surface area contributed by atoms with E-state index in [4.69, 9.17) is 4.74 Å². The lowest BCUT2D eigenvalue weighted by atomic mass is 10.2.